The molecule has 19 heavy (non-hydrogen) atoms. The van der Waals surface area contributed by atoms with Crippen molar-refractivity contribution in [1.82, 2.24) is 10.3 Å². The van der Waals surface area contributed by atoms with Crippen molar-refractivity contribution in [2.75, 3.05) is 0 Å². The van der Waals surface area contributed by atoms with E-state index in [-0.39, 0.29) is 11.9 Å². The molecule has 0 saturated heterocycles. The second-order valence-electron chi connectivity index (χ2n) is 4.60. The zero-order valence-corrected chi connectivity index (χ0v) is 10.5. The van der Waals surface area contributed by atoms with E-state index in [0.29, 0.717) is 11.3 Å². The highest BCUT2D eigenvalue weighted by atomic mass is 16.4. The largest absolute Gasteiger partial charge is 0.478 e. The number of carboxylic acids is 1. The Kier molecular flexibility index (Phi) is 4.28. The lowest BCUT2D eigenvalue weighted by molar-refractivity contribution is -0.131. The van der Waals surface area contributed by atoms with Crippen LogP contribution in [-0.2, 0) is 4.79 Å². The molecular formula is C14H16N2O3. The maximum Gasteiger partial charge on any atom is 0.328 e. The first-order valence-electron chi connectivity index (χ1n) is 6.33. The van der Waals surface area contributed by atoms with Crippen molar-refractivity contribution in [2.45, 2.75) is 31.7 Å². The van der Waals surface area contributed by atoms with E-state index < -0.39 is 5.97 Å². The number of aromatic nitrogens is 1. The lowest BCUT2D eigenvalue weighted by atomic mass is 10.2. The van der Waals surface area contributed by atoms with Crippen LogP contribution in [0.3, 0.4) is 0 Å². The van der Waals surface area contributed by atoms with Crippen molar-refractivity contribution < 1.29 is 14.7 Å². The maximum atomic E-state index is 11.9. The number of nitrogens with one attached hydrogen (secondary N) is 1. The minimum absolute atomic E-state index is 0.166. The Morgan fingerprint density at radius 1 is 1.32 bits per heavy atom. The zero-order chi connectivity index (χ0) is 13.7. The molecule has 100 valence electrons. The number of hydrogen-bond acceptors (Lipinski definition) is 3. The summed E-state index contributed by atoms with van der Waals surface area (Å²) in [6, 6.07) is 3.54. The van der Waals surface area contributed by atoms with Crippen molar-refractivity contribution in [2.24, 2.45) is 0 Å². The van der Waals surface area contributed by atoms with Gasteiger partial charge in [-0.2, -0.15) is 0 Å². The summed E-state index contributed by atoms with van der Waals surface area (Å²) in [5.74, 6) is -1.18. The molecule has 1 saturated carbocycles. The summed E-state index contributed by atoms with van der Waals surface area (Å²) < 4.78 is 0. The van der Waals surface area contributed by atoms with Crippen LogP contribution in [0.15, 0.2) is 24.4 Å². The molecule has 0 radical (unpaired) electrons. The van der Waals surface area contributed by atoms with Crippen molar-refractivity contribution in [1.29, 1.82) is 0 Å². The van der Waals surface area contributed by atoms with Gasteiger partial charge in [-0.3, -0.25) is 9.78 Å². The molecule has 1 aromatic rings. The van der Waals surface area contributed by atoms with Gasteiger partial charge in [-0.1, -0.05) is 18.9 Å². The van der Waals surface area contributed by atoms with E-state index >= 15 is 0 Å². The Balaban J connectivity index is 1.97. The molecule has 2 rings (SSSR count). The number of aliphatic carboxylic acids is 1. The Labute approximate surface area is 111 Å². The number of carboxylic acid groups (broad SMARTS) is 1. The smallest absolute Gasteiger partial charge is 0.328 e. The highest BCUT2D eigenvalue weighted by Crippen LogP contribution is 2.17. The van der Waals surface area contributed by atoms with Gasteiger partial charge >= 0.3 is 5.97 Å². The fourth-order valence-electron chi connectivity index (χ4n) is 2.14. The highest BCUT2D eigenvalue weighted by Gasteiger charge is 2.18. The number of rotatable bonds is 4. The molecule has 5 heteroatoms. The predicted molar refractivity (Wildman–Crippen MR) is 70.6 cm³/mol. The van der Waals surface area contributed by atoms with Crippen molar-refractivity contribution in [3.63, 3.8) is 0 Å². The fraction of sp³-hybridized carbons (Fsp3) is 0.357. The molecule has 0 bridgehead atoms. The monoisotopic (exact) mass is 260 g/mol. The number of hydrogen-bond donors (Lipinski definition) is 2. The lowest BCUT2D eigenvalue weighted by Crippen LogP contribution is -2.33. The summed E-state index contributed by atoms with van der Waals surface area (Å²) in [6.07, 6.45) is 8.36. The Bertz CT molecular complexity index is 488. The normalized spacial score (nSPS) is 15.8. The van der Waals surface area contributed by atoms with Gasteiger partial charge in [0.1, 0.15) is 5.69 Å². The average molecular weight is 260 g/mol. The quantitative estimate of drug-likeness (QED) is 0.810. The summed E-state index contributed by atoms with van der Waals surface area (Å²) in [6.45, 7) is 0. The number of pyridine rings is 1. The van der Waals surface area contributed by atoms with Crippen LogP contribution in [0.4, 0.5) is 0 Å². The van der Waals surface area contributed by atoms with Gasteiger partial charge in [0.2, 0.25) is 0 Å². The first-order chi connectivity index (χ1) is 9.15. The molecule has 1 aliphatic rings. The van der Waals surface area contributed by atoms with Gasteiger partial charge in [0.05, 0.1) is 0 Å². The molecule has 0 aromatic carbocycles. The van der Waals surface area contributed by atoms with Crippen LogP contribution in [0.2, 0.25) is 0 Å². The van der Waals surface area contributed by atoms with Crippen molar-refractivity contribution in [3.8, 4) is 0 Å². The molecule has 5 nitrogen and oxygen atoms in total. The fourth-order valence-corrected chi connectivity index (χ4v) is 2.14. The van der Waals surface area contributed by atoms with Crippen LogP contribution >= 0.6 is 0 Å². The van der Waals surface area contributed by atoms with Gasteiger partial charge in [0.25, 0.3) is 5.91 Å². The first-order valence-corrected chi connectivity index (χ1v) is 6.33. The average Bonchev–Trinajstić information content (AvgIpc) is 2.89. The van der Waals surface area contributed by atoms with Gasteiger partial charge in [-0.15, -0.1) is 0 Å². The van der Waals surface area contributed by atoms with E-state index in [9.17, 15) is 9.59 Å². The second kappa shape index (κ2) is 6.13. The molecule has 1 heterocycles. The standard InChI is InChI=1S/C14H16N2O3/c17-13(18)8-6-10-5-7-12(15-9-10)14(19)16-11-3-1-2-4-11/h5-9,11H,1-4H2,(H,16,19)(H,17,18). The van der Waals surface area contributed by atoms with Crippen LogP contribution in [-0.4, -0.2) is 28.0 Å². The molecule has 0 aliphatic heterocycles. The maximum absolute atomic E-state index is 11.9. The summed E-state index contributed by atoms with van der Waals surface area (Å²) in [5.41, 5.74) is 1.01. The molecule has 0 atom stereocenters. The highest BCUT2D eigenvalue weighted by molar-refractivity contribution is 5.92. The summed E-state index contributed by atoms with van der Waals surface area (Å²) >= 11 is 0. The van der Waals surface area contributed by atoms with Crippen LogP contribution in [0, 0.1) is 0 Å². The number of carbonyl (C=O) groups is 2. The van der Waals surface area contributed by atoms with Crippen LogP contribution in [0.1, 0.15) is 41.7 Å². The zero-order valence-electron chi connectivity index (χ0n) is 10.5. The lowest BCUT2D eigenvalue weighted by Gasteiger charge is -2.11. The Morgan fingerprint density at radius 3 is 2.63 bits per heavy atom. The van der Waals surface area contributed by atoms with E-state index in [0.717, 1.165) is 31.8 Å². The molecule has 1 amide bonds. The third-order valence-electron chi connectivity index (χ3n) is 3.13. The predicted octanol–water partition coefficient (Wildman–Crippen LogP) is 1.85. The second-order valence-corrected chi connectivity index (χ2v) is 4.60. The molecule has 2 N–H and O–H groups in total. The van der Waals surface area contributed by atoms with Gasteiger partial charge in [0.15, 0.2) is 0 Å². The van der Waals surface area contributed by atoms with E-state index in [1.54, 1.807) is 12.1 Å². The minimum atomic E-state index is -1.01. The Morgan fingerprint density at radius 2 is 2.05 bits per heavy atom. The van der Waals surface area contributed by atoms with Gasteiger partial charge in [0, 0.05) is 18.3 Å². The molecular weight excluding hydrogens is 244 g/mol. The topological polar surface area (TPSA) is 79.3 Å². The first kappa shape index (κ1) is 13.3. The summed E-state index contributed by atoms with van der Waals surface area (Å²) in [4.78, 5) is 26.3. The van der Waals surface area contributed by atoms with Crippen molar-refractivity contribution >= 4 is 18.0 Å². The van der Waals surface area contributed by atoms with Crippen LogP contribution in [0.5, 0.6) is 0 Å². The minimum Gasteiger partial charge on any atom is -0.478 e. The van der Waals surface area contributed by atoms with Gasteiger partial charge in [-0.25, -0.2) is 4.79 Å². The third-order valence-corrected chi connectivity index (χ3v) is 3.13. The van der Waals surface area contributed by atoms with Gasteiger partial charge in [-0.05, 0) is 30.5 Å². The molecule has 1 fully saturated rings. The van der Waals surface area contributed by atoms with Crippen molar-refractivity contribution in [3.05, 3.63) is 35.7 Å². The summed E-state index contributed by atoms with van der Waals surface area (Å²) in [7, 11) is 0. The number of nitrogens with zero attached hydrogens (tertiary/aromatic N) is 1. The molecule has 1 aromatic heterocycles. The third kappa shape index (κ3) is 3.91. The molecule has 0 unspecified atom stereocenters. The van der Waals surface area contributed by atoms with E-state index in [1.807, 2.05) is 0 Å². The molecule has 1 aliphatic carbocycles. The van der Waals surface area contributed by atoms with E-state index in [4.69, 9.17) is 5.11 Å². The number of amides is 1. The van der Waals surface area contributed by atoms with Crippen LogP contribution in [0.25, 0.3) is 6.08 Å². The summed E-state index contributed by atoms with van der Waals surface area (Å²) in [5, 5.41) is 11.5. The molecule has 0 spiro atoms. The van der Waals surface area contributed by atoms with E-state index in [2.05, 4.69) is 10.3 Å². The Hall–Kier alpha value is -2.17. The van der Waals surface area contributed by atoms with Gasteiger partial charge < -0.3 is 10.4 Å². The number of carbonyl (C=O) groups excluding carboxylic acids is 1. The SMILES string of the molecule is O=C(O)C=Cc1ccc(C(=O)NC2CCCC2)nc1. The van der Waals surface area contributed by atoms with Crippen LogP contribution < -0.4 is 5.32 Å². The van der Waals surface area contributed by atoms with E-state index in [1.165, 1.54) is 12.3 Å².